The Morgan fingerprint density at radius 1 is 1.19 bits per heavy atom. The fourth-order valence-electron chi connectivity index (χ4n) is 3.06. The molecule has 0 bridgehead atoms. The SMILES string of the molecule is COc1ccc(/C=C/C(=O)c2cnn(C)c2C)cc1COc1ccc(C)cc1[N+](=O)[O-]. The first kappa shape index (κ1) is 21.8. The van der Waals surface area contributed by atoms with Gasteiger partial charge in [0.25, 0.3) is 0 Å². The van der Waals surface area contributed by atoms with Gasteiger partial charge in [0.1, 0.15) is 12.4 Å². The van der Waals surface area contributed by atoms with E-state index in [0.29, 0.717) is 16.9 Å². The van der Waals surface area contributed by atoms with E-state index in [1.165, 1.54) is 19.3 Å². The van der Waals surface area contributed by atoms with Crippen molar-refractivity contribution in [3.8, 4) is 11.5 Å². The highest BCUT2D eigenvalue weighted by molar-refractivity contribution is 6.07. The number of hydrogen-bond acceptors (Lipinski definition) is 6. The molecule has 0 saturated heterocycles. The fourth-order valence-corrected chi connectivity index (χ4v) is 3.06. The van der Waals surface area contributed by atoms with Crippen LogP contribution in [-0.4, -0.2) is 27.6 Å². The van der Waals surface area contributed by atoms with Crippen molar-refractivity contribution in [3.63, 3.8) is 0 Å². The van der Waals surface area contributed by atoms with Gasteiger partial charge in [-0.05, 0) is 49.2 Å². The average Bonchev–Trinajstić information content (AvgIpc) is 3.09. The Morgan fingerprint density at radius 3 is 2.58 bits per heavy atom. The van der Waals surface area contributed by atoms with Crippen LogP contribution in [0.4, 0.5) is 5.69 Å². The van der Waals surface area contributed by atoms with Crippen molar-refractivity contribution in [1.29, 1.82) is 0 Å². The van der Waals surface area contributed by atoms with Crippen LogP contribution in [0, 0.1) is 24.0 Å². The Bertz CT molecular complexity index is 1160. The maximum Gasteiger partial charge on any atom is 0.311 e. The second-order valence-corrected chi connectivity index (χ2v) is 7.05. The van der Waals surface area contributed by atoms with Crippen LogP contribution in [-0.2, 0) is 13.7 Å². The Balaban J connectivity index is 1.80. The van der Waals surface area contributed by atoms with Gasteiger partial charge in [-0.1, -0.05) is 18.2 Å². The van der Waals surface area contributed by atoms with Gasteiger partial charge in [0, 0.05) is 24.4 Å². The van der Waals surface area contributed by atoms with E-state index in [2.05, 4.69) is 5.10 Å². The number of ether oxygens (including phenoxy) is 2. The van der Waals surface area contributed by atoms with Crippen molar-refractivity contribution < 1.29 is 19.2 Å². The molecule has 3 rings (SSSR count). The van der Waals surface area contributed by atoms with Crippen molar-refractivity contribution in [3.05, 3.63) is 86.7 Å². The number of hydrogen-bond donors (Lipinski definition) is 0. The van der Waals surface area contributed by atoms with Crippen molar-refractivity contribution in [1.82, 2.24) is 9.78 Å². The molecule has 0 aliphatic rings. The van der Waals surface area contributed by atoms with Gasteiger partial charge in [-0.25, -0.2) is 0 Å². The van der Waals surface area contributed by atoms with Crippen LogP contribution in [0.1, 0.15) is 32.7 Å². The molecule has 0 radical (unpaired) electrons. The molecule has 3 aromatic rings. The molecule has 0 N–H and O–H groups in total. The van der Waals surface area contributed by atoms with E-state index in [0.717, 1.165) is 16.8 Å². The zero-order valence-electron chi connectivity index (χ0n) is 17.8. The van der Waals surface area contributed by atoms with E-state index in [-0.39, 0.29) is 23.8 Å². The van der Waals surface area contributed by atoms with Gasteiger partial charge < -0.3 is 9.47 Å². The molecule has 8 heteroatoms. The number of nitrogens with zero attached hydrogens (tertiary/aromatic N) is 3. The van der Waals surface area contributed by atoms with Gasteiger partial charge in [-0.3, -0.25) is 19.6 Å². The minimum Gasteiger partial charge on any atom is -0.496 e. The lowest BCUT2D eigenvalue weighted by molar-refractivity contribution is -0.386. The lowest BCUT2D eigenvalue weighted by Gasteiger charge is -2.12. The zero-order valence-corrected chi connectivity index (χ0v) is 17.8. The first-order valence-corrected chi connectivity index (χ1v) is 9.56. The quantitative estimate of drug-likeness (QED) is 0.231. The number of aryl methyl sites for hydroxylation is 2. The molecule has 0 aliphatic heterocycles. The number of carbonyl (C=O) groups excluding carboxylic acids is 1. The Labute approximate surface area is 179 Å². The van der Waals surface area contributed by atoms with Crippen LogP contribution < -0.4 is 9.47 Å². The number of nitro groups is 1. The first-order chi connectivity index (χ1) is 14.8. The molecule has 31 heavy (non-hydrogen) atoms. The molecule has 1 heterocycles. The highest BCUT2D eigenvalue weighted by atomic mass is 16.6. The van der Waals surface area contributed by atoms with E-state index in [4.69, 9.17) is 9.47 Å². The molecule has 0 aliphatic carbocycles. The molecule has 0 spiro atoms. The highest BCUT2D eigenvalue weighted by Crippen LogP contribution is 2.30. The molecule has 0 amide bonds. The van der Waals surface area contributed by atoms with E-state index in [1.54, 1.807) is 49.1 Å². The molecule has 0 unspecified atom stereocenters. The molecule has 2 aromatic carbocycles. The predicted octanol–water partition coefficient (Wildman–Crippen LogP) is 4.43. The van der Waals surface area contributed by atoms with Gasteiger partial charge >= 0.3 is 5.69 Å². The zero-order chi connectivity index (χ0) is 22.5. The van der Waals surface area contributed by atoms with E-state index < -0.39 is 4.92 Å². The smallest absolute Gasteiger partial charge is 0.311 e. The summed E-state index contributed by atoms with van der Waals surface area (Å²) in [5, 5.41) is 15.4. The predicted molar refractivity (Wildman–Crippen MR) is 116 cm³/mol. The lowest BCUT2D eigenvalue weighted by Crippen LogP contribution is -2.02. The van der Waals surface area contributed by atoms with Gasteiger partial charge in [0.15, 0.2) is 11.5 Å². The number of rotatable bonds is 8. The number of benzene rings is 2. The van der Waals surface area contributed by atoms with Gasteiger partial charge in [0.2, 0.25) is 0 Å². The summed E-state index contributed by atoms with van der Waals surface area (Å²) in [6.45, 7) is 3.69. The van der Waals surface area contributed by atoms with Crippen LogP contribution in [0.15, 0.2) is 48.7 Å². The van der Waals surface area contributed by atoms with Crippen molar-refractivity contribution in [2.75, 3.05) is 7.11 Å². The van der Waals surface area contributed by atoms with Crippen molar-refractivity contribution >= 4 is 17.5 Å². The van der Waals surface area contributed by atoms with Crippen LogP contribution >= 0.6 is 0 Å². The third-order valence-electron chi connectivity index (χ3n) is 4.93. The molecule has 8 nitrogen and oxygen atoms in total. The summed E-state index contributed by atoms with van der Waals surface area (Å²) in [5.41, 5.74) is 3.49. The first-order valence-electron chi connectivity index (χ1n) is 9.56. The maximum absolute atomic E-state index is 12.4. The number of carbonyl (C=O) groups is 1. The minimum atomic E-state index is -0.467. The van der Waals surface area contributed by atoms with E-state index >= 15 is 0 Å². The second kappa shape index (κ2) is 9.25. The number of methoxy groups -OCH3 is 1. The number of nitro benzene ring substituents is 1. The van der Waals surface area contributed by atoms with Gasteiger partial charge in [-0.2, -0.15) is 5.10 Å². The third kappa shape index (κ3) is 4.98. The van der Waals surface area contributed by atoms with E-state index in [1.807, 2.05) is 19.1 Å². The normalized spacial score (nSPS) is 11.0. The second-order valence-electron chi connectivity index (χ2n) is 7.05. The van der Waals surface area contributed by atoms with E-state index in [9.17, 15) is 14.9 Å². The van der Waals surface area contributed by atoms with Crippen molar-refractivity contribution in [2.45, 2.75) is 20.5 Å². The molecule has 160 valence electrons. The summed E-state index contributed by atoms with van der Waals surface area (Å²) in [6.07, 6.45) is 4.73. The fraction of sp³-hybridized carbons (Fsp3) is 0.217. The van der Waals surface area contributed by atoms with Crippen LogP contribution in [0.3, 0.4) is 0 Å². The lowest BCUT2D eigenvalue weighted by atomic mass is 10.1. The Hall–Kier alpha value is -3.94. The van der Waals surface area contributed by atoms with Gasteiger partial charge in [0.05, 0.1) is 23.8 Å². The largest absolute Gasteiger partial charge is 0.496 e. The molecular weight excluding hydrogens is 398 g/mol. The standard InChI is InChI=1S/C23H23N3O5/c1-15-5-9-23(20(11-15)26(28)29)31-14-18-12-17(7-10-22(18)30-4)6-8-21(27)19-13-24-25(3)16(19)2/h5-13H,14H2,1-4H3/b8-6+. The van der Waals surface area contributed by atoms with Gasteiger partial charge in [-0.15, -0.1) is 0 Å². The summed E-state index contributed by atoms with van der Waals surface area (Å²) in [4.78, 5) is 23.3. The summed E-state index contributed by atoms with van der Waals surface area (Å²) >= 11 is 0. The maximum atomic E-state index is 12.4. The average molecular weight is 421 g/mol. The summed E-state index contributed by atoms with van der Waals surface area (Å²) in [6, 6.07) is 10.2. The highest BCUT2D eigenvalue weighted by Gasteiger charge is 2.16. The third-order valence-corrected chi connectivity index (χ3v) is 4.93. The topological polar surface area (TPSA) is 96.5 Å². The Kier molecular flexibility index (Phi) is 6.49. The molecule has 1 aromatic heterocycles. The van der Waals surface area contributed by atoms with Crippen LogP contribution in [0.5, 0.6) is 11.5 Å². The summed E-state index contributed by atoms with van der Waals surface area (Å²) in [5.74, 6) is 0.622. The summed E-state index contributed by atoms with van der Waals surface area (Å²) < 4.78 is 12.8. The molecular formula is C23H23N3O5. The van der Waals surface area contributed by atoms with Crippen LogP contribution in [0.25, 0.3) is 6.08 Å². The molecule has 0 atom stereocenters. The molecule has 0 fully saturated rings. The minimum absolute atomic E-state index is 0.0738. The number of ketones is 1. The number of allylic oxidation sites excluding steroid dienone is 1. The van der Waals surface area contributed by atoms with Crippen molar-refractivity contribution in [2.24, 2.45) is 7.05 Å². The summed E-state index contributed by atoms with van der Waals surface area (Å²) in [7, 11) is 3.32. The monoisotopic (exact) mass is 421 g/mol. The molecule has 0 saturated carbocycles. The number of aromatic nitrogens is 2. The Morgan fingerprint density at radius 2 is 1.94 bits per heavy atom. The van der Waals surface area contributed by atoms with Crippen LogP contribution in [0.2, 0.25) is 0 Å².